The summed E-state index contributed by atoms with van der Waals surface area (Å²) in [7, 11) is 0. The van der Waals surface area contributed by atoms with Crippen molar-refractivity contribution in [2.24, 2.45) is 0 Å². The Bertz CT molecular complexity index is 860. The van der Waals surface area contributed by atoms with Gasteiger partial charge in [0.2, 0.25) is 0 Å². The molecular formula is C20H23N3OS. The first-order chi connectivity index (χ1) is 12.3. The Morgan fingerprint density at radius 1 is 1.20 bits per heavy atom. The summed E-state index contributed by atoms with van der Waals surface area (Å²) in [5, 5.41) is 10.6. The Morgan fingerprint density at radius 2 is 2.04 bits per heavy atom. The highest BCUT2D eigenvalue weighted by molar-refractivity contribution is 7.19. The smallest absolute Gasteiger partial charge is 0.141 e. The third-order valence-electron chi connectivity index (χ3n) is 5.07. The summed E-state index contributed by atoms with van der Waals surface area (Å²) in [5.41, 5.74) is 2.47. The van der Waals surface area contributed by atoms with Crippen LogP contribution in [0.3, 0.4) is 0 Å². The van der Waals surface area contributed by atoms with Gasteiger partial charge in [0, 0.05) is 29.6 Å². The zero-order valence-corrected chi connectivity index (χ0v) is 15.3. The Kier molecular flexibility index (Phi) is 4.68. The molecule has 3 heterocycles. The van der Waals surface area contributed by atoms with Crippen molar-refractivity contribution in [1.82, 2.24) is 9.97 Å². The first-order valence-corrected chi connectivity index (χ1v) is 9.78. The molecular weight excluding hydrogens is 330 g/mol. The third-order valence-corrected chi connectivity index (χ3v) is 6.08. The first kappa shape index (κ1) is 16.5. The molecule has 25 heavy (non-hydrogen) atoms. The average molecular weight is 353 g/mol. The lowest BCUT2D eigenvalue weighted by Gasteiger charge is -2.37. The topological polar surface area (TPSA) is 49.2 Å². The van der Waals surface area contributed by atoms with Gasteiger partial charge in [-0.1, -0.05) is 30.3 Å². The second-order valence-corrected chi connectivity index (χ2v) is 7.84. The van der Waals surface area contributed by atoms with Gasteiger partial charge in [-0.2, -0.15) is 0 Å². The predicted molar refractivity (Wildman–Crippen MR) is 104 cm³/mol. The third kappa shape index (κ3) is 3.02. The molecule has 1 N–H and O–H groups in total. The van der Waals surface area contributed by atoms with Gasteiger partial charge < -0.3 is 10.0 Å². The van der Waals surface area contributed by atoms with Gasteiger partial charge in [-0.3, -0.25) is 0 Å². The summed E-state index contributed by atoms with van der Waals surface area (Å²) in [4.78, 5) is 14.0. The lowest BCUT2D eigenvalue weighted by molar-refractivity contribution is 0.262. The number of aliphatic hydroxyl groups is 1. The second-order valence-electron chi connectivity index (χ2n) is 6.63. The van der Waals surface area contributed by atoms with E-state index in [1.165, 1.54) is 34.2 Å². The van der Waals surface area contributed by atoms with Crippen molar-refractivity contribution < 1.29 is 5.11 Å². The summed E-state index contributed by atoms with van der Waals surface area (Å²) in [6.07, 6.45) is 6.01. The monoisotopic (exact) mass is 353 g/mol. The molecule has 130 valence electrons. The Morgan fingerprint density at radius 3 is 2.84 bits per heavy atom. The number of fused-ring (bicyclic) bond motifs is 1. The number of hydrogen-bond acceptors (Lipinski definition) is 5. The van der Waals surface area contributed by atoms with E-state index in [1.54, 1.807) is 17.7 Å². The standard InChI is InChI=1S/C20H23N3OS/c1-14-17(15-7-3-2-4-8-15)18-19(21-13-22-20(18)25-14)23-11-6-5-9-16(23)10-12-24/h2-4,7-8,13,16,24H,5-6,9-12H2,1H3. The number of aliphatic hydroxyl groups excluding tert-OH is 1. The number of hydrogen-bond donors (Lipinski definition) is 1. The minimum Gasteiger partial charge on any atom is -0.396 e. The molecule has 1 saturated heterocycles. The first-order valence-electron chi connectivity index (χ1n) is 8.96. The van der Waals surface area contributed by atoms with Crippen LogP contribution in [0.2, 0.25) is 0 Å². The fourth-order valence-corrected chi connectivity index (χ4v) is 4.93. The average Bonchev–Trinajstić information content (AvgIpc) is 2.99. The van der Waals surface area contributed by atoms with Crippen molar-refractivity contribution in [3.63, 3.8) is 0 Å². The van der Waals surface area contributed by atoms with Crippen LogP contribution in [-0.2, 0) is 0 Å². The molecule has 0 bridgehead atoms. The van der Waals surface area contributed by atoms with Crippen LogP contribution in [0.4, 0.5) is 5.82 Å². The van der Waals surface area contributed by atoms with Crippen LogP contribution in [0.15, 0.2) is 36.7 Å². The summed E-state index contributed by atoms with van der Waals surface area (Å²) in [6.45, 7) is 3.39. The number of benzene rings is 1. The van der Waals surface area contributed by atoms with E-state index in [4.69, 9.17) is 4.98 Å². The Hall–Kier alpha value is -1.98. The Labute approximate surface area is 152 Å². The molecule has 0 amide bonds. The maximum atomic E-state index is 9.48. The summed E-state index contributed by atoms with van der Waals surface area (Å²) in [5.74, 6) is 1.03. The summed E-state index contributed by atoms with van der Waals surface area (Å²) < 4.78 is 0. The minimum absolute atomic E-state index is 0.226. The van der Waals surface area contributed by atoms with Crippen molar-refractivity contribution in [3.05, 3.63) is 41.5 Å². The number of piperidine rings is 1. The van der Waals surface area contributed by atoms with Gasteiger partial charge in [0.05, 0.1) is 5.39 Å². The molecule has 1 aliphatic rings. The lowest BCUT2D eigenvalue weighted by Crippen LogP contribution is -2.40. The molecule has 1 aromatic carbocycles. The van der Waals surface area contributed by atoms with Crippen molar-refractivity contribution >= 4 is 27.4 Å². The fourth-order valence-electron chi connectivity index (χ4n) is 3.93. The van der Waals surface area contributed by atoms with Crippen LogP contribution >= 0.6 is 11.3 Å². The largest absolute Gasteiger partial charge is 0.396 e. The quantitative estimate of drug-likeness (QED) is 0.755. The molecule has 1 fully saturated rings. The van der Waals surface area contributed by atoms with Crippen molar-refractivity contribution in [2.75, 3.05) is 18.1 Å². The summed E-state index contributed by atoms with van der Waals surface area (Å²) in [6, 6.07) is 10.9. The molecule has 1 atom stereocenters. The van der Waals surface area contributed by atoms with Crippen molar-refractivity contribution in [3.8, 4) is 11.1 Å². The molecule has 0 radical (unpaired) electrons. The van der Waals surface area contributed by atoms with Crippen LogP contribution in [0.5, 0.6) is 0 Å². The normalized spacial score (nSPS) is 18.0. The van der Waals surface area contributed by atoms with E-state index in [1.807, 2.05) is 6.07 Å². The zero-order valence-electron chi connectivity index (χ0n) is 14.5. The highest BCUT2D eigenvalue weighted by Gasteiger charge is 2.27. The van der Waals surface area contributed by atoms with Gasteiger partial charge in [0.25, 0.3) is 0 Å². The van der Waals surface area contributed by atoms with Gasteiger partial charge in [0.15, 0.2) is 0 Å². The number of aryl methyl sites for hydroxylation is 1. The van der Waals surface area contributed by atoms with Crippen LogP contribution in [0.1, 0.15) is 30.6 Å². The zero-order chi connectivity index (χ0) is 17.2. The molecule has 1 aliphatic heterocycles. The molecule has 5 heteroatoms. The number of aromatic nitrogens is 2. The van der Waals surface area contributed by atoms with Crippen LogP contribution in [0, 0.1) is 6.92 Å². The van der Waals surface area contributed by atoms with Crippen LogP contribution in [0.25, 0.3) is 21.3 Å². The van der Waals surface area contributed by atoms with Gasteiger partial charge in [-0.15, -0.1) is 11.3 Å². The van der Waals surface area contributed by atoms with Crippen LogP contribution in [-0.4, -0.2) is 34.3 Å². The fraction of sp³-hybridized carbons (Fsp3) is 0.400. The molecule has 1 unspecified atom stereocenters. The molecule has 2 aromatic heterocycles. The van der Waals surface area contributed by atoms with Gasteiger partial charge in [0.1, 0.15) is 17.0 Å². The summed E-state index contributed by atoms with van der Waals surface area (Å²) >= 11 is 1.74. The van der Waals surface area contributed by atoms with E-state index in [9.17, 15) is 5.11 Å². The Balaban J connectivity index is 1.90. The van der Waals surface area contributed by atoms with Gasteiger partial charge in [-0.25, -0.2) is 9.97 Å². The molecule has 4 nitrogen and oxygen atoms in total. The molecule has 4 rings (SSSR count). The minimum atomic E-state index is 0.226. The molecule has 0 aliphatic carbocycles. The number of thiophene rings is 1. The van der Waals surface area contributed by atoms with E-state index < -0.39 is 0 Å². The number of rotatable bonds is 4. The molecule has 0 spiro atoms. The van der Waals surface area contributed by atoms with Crippen molar-refractivity contribution in [1.29, 1.82) is 0 Å². The van der Waals surface area contributed by atoms with E-state index >= 15 is 0 Å². The maximum absolute atomic E-state index is 9.48. The van der Waals surface area contributed by atoms with E-state index in [0.29, 0.717) is 6.04 Å². The van der Waals surface area contributed by atoms with E-state index in [2.05, 4.69) is 41.1 Å². The predicted octanol–water partition coefficient (Wildman–Crippen LogP) is 4.41. The second kappa shape index (κ2) is 7.10. The van der Waals surface area contributed by atoms with Crippen LogP contribution < -0.4 is 4.90 Å². The molecule has 3 aromatic rings. The lowest BCUT2D eigenvalue weighted by atomic mass is 9.98. The van der Waals surface area contributed by atoms with E-state index in [-0.39, 0.29) is 6.61 Å². The maximum Gasteiger partial charge on any atom is 0.141 e. The SMILES string of the molecule is Cc1sc2ncnc(N3CCCCC3CCO)c2c1-c1ccccc1. The highest BCUT2D eigenvalue weighted by Crippen LogP contribution is 2.42. The van der Waals surface area contributed by atoms with Gasteiger partial charge >= 0.3 is 0 Å². The van der Waals surface area contributed by atoms with Gasteiger partial charge in [-0.05, 0) is 38.2 Å². The number of nitrogens with zero attached hydrogens (tertiary/aromatic N) is 3. The molecule has 0 saturated carbocycles. The van der Waals surface area contributed by atoms with Crippen molar-refractivity contribution in [2.45, 2.75) is 38.6 Å². The van der Waals surface area contributed by atoms with E-state index in [0.717, 1.165) is 30.0 Å². The highest BCUT2D eigenvalue weighted by atomic mass is 32.1. The number of anilines is 1.